The number of methoxy groups -OCH3 is 1. The molecule has 2 unspecified atom stereocenters. The summed E-state index contributed by atoms with van der Waals surface area (Å²) in [5.74, 6) is -1.14. The van der Waals surface area contributed by atoms with Gasteiger partial charge in [-0.05, 0) is 41.0 Å². The minimum atomic E-state index is -1.01. The van der Waals surface area contributed by atoms with Crippen LogP contribution < -0.4 is 10.6 Å². The minimum Gasteiger partial charge on any atom is -0.481 e. The fourth-order valence-electron chi connectivity index (χ4n) is 4.32. The van der Waals surface area contributed by atoms with E-state index in [1.807, 2.05) is 50.2 Å². The van der Waals surface area contributed by atoms with Gasteiger partial charge in [0.25, 0.3) is 0 Å². The van der Waals surface area contributed by atoms with Crippen LogP contribution in [-0.2, 0) is 19.1 Å². The van der Waals surface area contributed by atoms with Gasteiger partial charge in [-0.15, -0.1) is 0 Å². The van der Waals surface area contributed by atoms with E-state index >= 15 is 0 Å². The summed E-state index contributed by atoms with van der Waals surface area (Å²) in [6.07, 6.45) is -0.386. The van der Waals surface area contributed by atoms with E-state index in [4.69, 9.17) is 14.6 Å². The van der Waals surface area contributed by atoms with E-state index < -0.39 is 30.1 Å². The molecule has 0 saturated heterocycles. The Kier molecular flexibility index (Phi) is 9.25. The Morgan fingerprint density at radius 1 is 0.971 bits per heavy atom. The Morgan fingerprint density at radius 3 is 2.11 bits per heavy atom. The van der Waals surface area contributed by atoms with Gasteiger partial charge >= 0.3 is 12.1 Å². The molecule has 0 radical (unpaired) electrons. The van der Waals surface area contributed by atoms with Gasteiger partial charge < -0.3 is 25.2 Å². The molecule has 0 spiro atoms. The van der Waals surface area contributed by atoms with Gasteiger partial charge in [0.05, 0.1) is 12.5 Å². The van der Waals surface area contributed by atoms with Crippen molar-refractivity contribution in [1.29, 1.82) is 0 Å². The molecule has 2 amide bonds. The molecule has 0 aliphatic heterocycles. The molecule has 8 nitrogen and oxygen atoms in total. The van der Waals surface area contributed by atoms with Gasteiger partial charge in [0, 0.05) is 19.6 Å². The number of carboxylic acids is 1. The number of carbonyl (C=O) groups excluding carboxylic acids is 2. The Bertz CT molecular complexity index is 992. The number of alkyl carbamates (subject to hydrolysis) is 1. The average Bonchev–Trinajstić information content (AvgIpc) is 3.16. The second-order valence-corrected chi connectivity index (χ2v) is 9.19. The second-order valence-electron chi connectivity index (χ2n) is 9.19. The van der Waals surface area contributed by atoms with E-state index in [1.54, 1.807) is 0 Å². The Labute approximate surface area is 206 Å². The number of carbonyl (C=O) groups is 3. The first-order valence-corrected chi connectivity index (χ1v) is 11.9. The number of rotatable bonds is 12. The van der Waals surface area contributed by atoms with Crippen molar-refractivity contribution in [2.24, 2.45) is 5.92 Å². The molecule has 2 atom stereocenters. The van der Waals surface area contributed by atoms with Crippen molar-refractivity contribution in [2.75, 3.05) is 20.3 Å². The number of fused-ring (bicyclic) bond motifs is 3. The lowest BCUT2D eigenvalue weighted by atomic mass is 9.98. The SMILES string of the molecule is COC(CNC(=O)C(CCC(C)C)NC(=O)OCC1c2ccccc2-c2ccccc21)CC(=O)O. The molecular formula is C27H34N2O6. The number of hydrogen-bond acceptors (Lipinski definition) is 5. The van der Waals surface area contributed by atoms with Gasteiger partial charge in [-0.1, -0.05) is 62.4 Å². The van der Waals surface area contributed by atoms with Crippen molar-refractivity contribution >= 4 is 18.0 Å². The fourth-order valence-corrected chi connectivity index (χ4v) is 4.32. The average molecular weight is 483 g/mol. The fraction of sp³-hybridized carbons (Fsp3) is 0.444. The van der Waals surface area contributed by atoms with Crippen molar-refractivity contribution < 1.29 is 29.0 Å². The Balaban J connectivity index is 1.61. The summed E-state index contributed by atoms with van der Waals surface area (Å²) in [6, 6.07) is 15.4. The van der Waals surface area contributed by atoms with Crippen LogP contribution in [0.5, 0.6) is 0 Å². The quantitative estimate of drug-likeness (QED) is 0.422. The highest BCUT2D eigenvalue weighted by atomic mass is 16.5. The van der Waals surface area contributed by atoms with Crippen LogP contribution in [0.3, 0.4) is 0 Å². The number of aliphatic carboxylic acids is 1. The molecule has 8 heteroatoms. The standard InChI is InChI=1S/C27H34N2O6/c1-17(2)12-13-24(26(32)28-15-18(34-3)14-25(30)31)29-27(33)35-16-23-21-10-6-4-8-19(21)20-9-5-7-11-22(20)23/h4-11,17-18,23-24H,12-16H2,1-3H3,(H,28,32)(H,29,33)(H,30,31). The zero-order chi connectivity index (χ0) is 25.4. The maximum atomic E-state index is 12.8. The van der Waals surface area contributed by atoms with Gasteiger partial charge in [-0.2, -0.15) is 0 Å². The maximum absolute atomic E-state index is 12.8. The van der Waals surface area contributed by atoms with E-state index in [-0.39, 0.29) is 25.5 Å². The molecule has 35 heavy (non-hydrogen) atoms. The van der Waals surface area contributed by atoms with Crippen LogP contribution in [0.4, 0.5) is 4.79 Å². The number of ether oxygens (including phenoxy) is 2. The molecule has 2 aromatic carbocycles. The third-order valence-corrected chi connectivity index (χ3v) is 6.22. The lowest BCUT2D eigenvalue weighted by Crippen LogP contribution is -2.49. The third kappa shape index (κ3) is 7.05. The number of hydrogen-bond donors (Lipinski definition) is 3. The van der Waals surface area contributed by atoms with E-state index in [9.17, 15) is 14.4 Å². The van der Waals surface area contributed by atoms with Gasteiger partial charge in [-0.25, -0.2) is 4.79 Å². The summed E-state index contributed by atoms with van der Waals surface area (Å²) in [6.45, 7) is 4.26. The molecule has 0 heterocycles. The summed E-state index contributed by atoms with van der Waals surface area (Å²) in [7, 11) is 1.39. The molecule has 0 bridgehead atoms. The van der Waals surface area contributed by atoms with Crippen LogP contribution in [0, 0.1) is 5.92 Å². The van der Waals surface area contributed by atoms with Gasteiger partial charge in [0.15, 0.2) is 0 Å². The monoisotopic (exact) mass is 482 g/mol. The lowest BCUT2D eigenvalue weighted by molar-refractivity contribution is -0.140. The predicted molar refractivity (Wildman–Crippen MR) is 132 cm³/mol. The smallest absolute Gasteiger partial charge is 0.407 e. The normalized spacial score (nSPS) is 14.1. The zero-order valence-electron chi connectivity index (χ0n) is 20.5. The predicted octanol–water partition coefficient (Wildman–Crippen LogP) is 3.94. The van der Waals surface area contributed by atoms with E-state index in [2.05, 4.69) is 22.8 Å². The summed E-state index contributed by atoms with van der Waals surface area (Å²) >= 11 is 0. The Hall–Kier alpha value is -3.39. The summed E-state index contributed by atoms with van der Waals surface area (Å²) < 4.78 is 10.7. The molecule has 1 aliphatic carbocycles. The Morgan fingerprint density at radius 2 is 1.57 bits per heavy atom. The molecular weight excluding hydrogens is 448 g/mol. The molecule has 0 fully saturated rings. The van der Waals surface area contributed by atoms with Crippen molar-refractivity contribution in [1.82, 2.24) is 10.6 Å². The highest BCUT2D eigenvalue weighted by Crippen LogP contribution is 2.44. The van der Waals surface area contributed by atoms with Crippen LogP contribution in [-0.4, -0.2) is 55.5 Å². The van der Waals surface area contributed by atoms with Gasteiger partial charge in [0.2, 0.25) is 5.91 Å². The first-order valence-electron chi connectivity index (χ1n) is 11.9. The maximum Gasteiger partial charge on any atom is 0.407 e. The summed E-state index contributed by atoms with van der Waals surface area (Å²) in [5, 5.41) is 14.3. The largest absolute Gasteiger partial charge is 0.481 e. The van der Waals surface area contributed by atoms with Crippen LogP contribution in [0.25, 0.3) is 11.1 Å². The van der Waals surface area contributed by atoms with E-state index in [1.165, 1.54) is 7.11 Å². The van der Waals surface area contributed by atoms with Crippen molar-refractivity contribution in [2.45, 2.75) is 51.2 Å². The van der Waals surface area contributed by atoms with Crippen LogP contribution in [0.15, 0.2) is 48.5 Å². The summed E-state index contributed by atoms with van der Waals surface area (Å²) in [4.78, 5) is 36.4. The molecule has 3 rings (SSSR count). The van der Waals surface area contributed by atoms with E-state index in [0.29, 0.717) is 12.3 Å². The first-order chi connectivity index (χ1) is 16.8. The van der Waals surface area contributed by atoms with Crippen molar-refractivity contribution in [3.05, 3.63) is 59.7 Å². The third-order valence-electron chi connectivity index (χ3n) is 6.22. The van der Waals surface area contributed by atoms with Gasteiger partial charge in [0.1, 0.15) is 12.6 Å². The van der Waals surface area contributed by atoms with Gasteiger partial charge in [-0.3, -0.25) is 9.59 Å². The van der Waals surface area contributed by atoms with E-state index in [0.717, 1.165) is 28.7 Å². The number of carboxylic acid groups (broad SMARTS) is 1. The van der Waals surface area contributed by atoms with Crippen molar-refractivity contribution in [3.8, 4) is 11.1 Å². The zero-order valence-corrected chi connectivity index (χ0v) is 20.5. The first kappa shape index (κ1) is 26.2. The second kappa shape index (κ2) is 12.4. The molecule has 0 aromatic heterocycles. The number of nitrogens with one attached hydrogen (secondary N) is 2. The highest BCUT2D eigenvalue weighted by Gasteiger charge is 2.30. The van der Waals surface area contributed by atoms with Crippen LogP contribution in [0.2, 0.25) is 0 Å². The highest BCUT2D eigenvalue weighted by molar-refractivity contribution is 5.85. The lowest BCUT2D eigenvalue weighted by Gasteiger charge is -2.21. The molecule has 2 aromatic rings. The molecule has 188 valence electrons. The number of amides is 2. The topological polar surface area (TPSA) is 114 Å². The molecule has 3 N–H and O–H groups in total. The summed E-state index contributed by atoms with van der Waals surface area (Å²) in [5.41, 5.74) is 4.50. The van der Waals surface area contributed by atoms with Crippen LogP contribution in [0.1, 0.15) is 50.2 Å². The van der Waals surface area contributed by atoms with Crippen LogP contribution >= 0.6 is 0 Å². The molecule has 0 saturated carbocycles. The molecule has 1 aliphatic rings. The minimum absolute atomic E-state index is 0.0339. The van der Waals surface area contributed by atoms with Crippen molar-refractivity contribution in [3.63, 3.8) is 0 Å². The number of benzene rings is 2.